The number of hydrogen-bond donors (Lipinski definition) is 1. The summed E-state index contributed by atoms with van der Waals surface area (Å²) in [5.41, 5.74) is 7.89. The lowest BCUT2D eigenvalue weighted by atomic mass is 9.85. The van der Waals surface area contributed by atoms with E-state index in [4.69, 9.17) is 33.2 Å². The van der Waals surface area contributed by atoms with Gasteiger partial charge in [0.15, 0.2) is 0 Å². The lowest BCUT2D eigenvalue weighted by molar-refractivity contribution is 0.595. The number of nitrogens with zero attached hydrogens (tertiary/aromatic N) is 2. The van der Waals surface area contributed by atoms with Crippen LogP contribution in [-0.4, -0.2) is 9.97 Å². The zero-order valence-electron chi connectivity index (χ0n) is 19.7. The number of nitrogens with one attached hydrogen (secondary N) is 1. The highest BCUT2D eigenvalue weighted by atomic mass is 35.5. The van der Waals surface area contributed by atoms with E-state index in [2.05, 4.69) is 44.3 Å². The van der Waals surface area contributed by atoms with Gasteiger partial charge in [0.05, 0.1) is 28.1 Å². The molecular weight excluding hydrogens is 437 g/mol. The third-order valence-corrected chi connectivity index (χ3v) is 6.50. The summed E-state index contributed by atoms with van der Waals surface area (Å²) in [7, 11) is 0. The first-order valence-electron chi connectivity index (χ1n) is 11.7. The van der Waals surface area contributed by atoms with E-state index in [-0.39, 0.29) is 6.04 Å². The maximum atomic E-state index is 6.49. The number of hydrogen-bond acceptors (Lipinski definition) is 3. The molecule has 0 aliphatic heterocycles. The second-order valence-electron chi connectivity index (χ2n) is 7.88. The third kappa shape index (κ3) is 5.10. The van der Waals surface area contributed by atoms with Crippen LogP contribution in [-0.2, 0) is 19.3 Å². The summed E-state index contributed by atoms with van der Waals surface area (Å²) in [5.74, 6) is 0.891. The number of anilines is 1. The minimum atomic E-state index is 0.267. The van der Waals surface area contributed by atoms with Gasteiger partial charge in [-0.15, -0.1) is 0 Å². The largest absolute Gasteiger partial charge is 0.362 e. The van der Waals surface area contributed by atoms with Crippen LogP contribution in [0, 0.1) is 6.92 Å². The van der Waals surface area contributed by atoms with Gasteiger partial charge in [-0.05, 0) is 73.9 Å². The van der Waals surface area contributed by atoms with Crippen LogP contribution in [0.1, 0.15) is 74.7 Å². The minimum Gasteiger partial charge on any atom is -0.362 e. The smallest absolute Gasteiger partial charge is 0.148 e. The van der Waals surface area contributed by atoms with E-state index in [1.165, 1.54) is 23.1 Å². The van der Waals surface area contributed by atoms with E-state index >= 15 is 0 Å². The molecule has 1 aliphatic rings. The van der Waals surface area contributed by atoms with Crippen LogP contribution in [0.2, 0.25) is 10.0 Å². The fraction of sp³-hybridized carbons (Fsp3) is 0.407. The first-order chi connectivity index (χ1) is 15.5. The molecule has 5 heteroatoms. The number of halogens is 2. The van der Waals surface area contributed by atoms with Crippen LogP contribution in [0.5, 0.6) is 0 Å². The third-order valence-electron chi connectivity index (χ3n) is 5.95. The molecule has 2 aromatic carbocycles. The first-order valence-corrected chi connectivity index (χ1v) is 12.5. The molecule has 3 aromatic rings. The SMILES string of the molecule is CC.CCc1nc(-c2ccc(Cl)cc2Cl)c(CC)nc1NC1CCCc2c(C)cccc21. The Hall–Kier alpha value is -2.10. The minimum absolute atomic E-state index is 0.267. The van der Waals surface area contributed by atoms with Crippen molar-refractivity contribution < 1.29 is 0 Å². The van der Waals surface area contributed by atoms with E-state index < -0.39 is 0 Å². The summed E-state index contributed by atoms with van der Waals surface area (Å²) in [6.45, 7) is 10.4. The lowest BCUT2D eigenvalue weighted by Crippen LogP contribution is -2.20. The summed E-state index contributed by atoms with van der Waals surface area (Å²) < 4.78 is 0. The molecule has 1 heterocycles. The number of rotatable bonds is 5. The zero-order chi connectivity index (χ0) is 23.3. The average molecular weight is 470 g/mol. The fourth-order valence-electron chi connectivity index (χ4n) is 4.36. The van der Waals surface area contributed by atoms with Crippen molar-refractivity contribution in [2.75, 3.05) is 5.32 Å². The van der Waals surface area contributed by atoms with Crippen LogP contribution in [0.15, 0.2) is 36.4 Å². The molecule has 0 amide bonds. The van der Waals surface area contributed by atoms with Crippen molar-refractivity contribution in [3.63, 3.8) is 0 Å². The van der Waals surface area contributed by atoms with Gasteiger partial charge in [0, 0.05) is 10.6 Å². The Bertz CT molecular complexity index is 1080. The topological polar surface area (TPSA) is 37.8 Å². The predicted octanol–water partition coefficient (Wildman–Crippen LogP) is 8.40. The van der Waals surface area contributed by atoms with Crippen LogP contribution in [0.3, 0.4) is 0 Å². The predicted molar refractivity (Wildman–Crippen MR) is 138 cm³/mol. The van der Waals surface area contributed by atoms with E-state index in [0.717, 1.165) is 54.1 Å². The monoisotopic (exact) mass is 469 g/mol. The normalized spacial score (nSPS) is 14.9. The molecule has 0 saturated carbocycles. The van der Waals surface area contributed by atoms with Crippen molar-refractivity contribution in [3.8, 4) is 11.3 Å². The maximum absolute atomic E-state index is 6.49. The molecule has 0 spiro atoms. The van der Waals surface area contributed by atoms with Crippen LogP contribution >= 0.6 is 23.2 Å². The number of aryl methyl sites for hydroxylation is 3. The summed E-state index contributed by atoms with van der Waals surface area (Å²) in [6.07, 6.45) is 5.02. The Balaban J connectivity index is 0.00000141. The Morgan fingerprint density at radius 2 is 1.75 bits per heavy atom. The Kier molecular flexibility index (Phi) is 8.56. The van der Waals surface area contributed by atoms with Crippen molar-refractivity contribution >= 4 is 29.0 Å². The maximum Gasteiger partial charge on any atom is 0.148 e. The van der Waals surface area contributed by atoms with Gasteiger partial charge in [0.25, 0.3) is 0 Å². The molecule has 0 fully saturated rings. The van der Waals surface area contributed by atoms with E-state index in [0.29, 0.717) is 10.0 Å². The van der Waals surface area contributed by atoms with Crippen molar-refractivity contribution in [3.05, 3.63) is 74.5 Å². The molecule has 1 aliphatic carbocycles. The Labute approximate surface area is 202 Å². The quantitative estimate of drug-likeness (QED) is 0.407. The fourth-order valence-corrected chi connectivity index (χ4v) is 4.86. The van der Waals surface area contributed by atoms with Gasteiger partial charge in [0.2, 0.25) is 0 Å². The molecule has 0 saturated heterocycles. The van der Waals surface area contributed by atoms with Gasteiger partial charge in [-0.2, -0.15) is 0 Å². The van der Waals surface area contributed by atoms with Crippen molar-refractivity contribution in [2.45, 2.75) is 72.8 Å². The van der Waals surface area contributed by atoms with E-state index in [1.807, 2.05) is 26.0 Å². The highest BCUT2D eigenvalue weighted by molar-refractivity contribution is 6.36. The highest BCUT2D eigenvalue weighted by Gasteiger charge is 2.23. The molecule has 3 nitrogen and oxygen atoms in total. The van der Waals surface area contributed by atoms with Crippen molar-refractivity contribution in [1.29, 1.82) is 0 Å². The summed E-state index contributed by atoms with van der Waals surface area (Å²) in [4.78, 5) is 10.0. The molecule has 32 heavy (non-hydrogen) atoms. The first kappa shape index (κ1) is 24.5. The molecule has 1 atom stereocenters. The number of fused-ring (bicyclic) bond motifs is 1. The van der Waals surface area contributed by atoms with Gasteiger partial charge in [-0.3, -0.25) is 0 Å². The second kappa shape index (κ2) is 11.2. The molecule has 0 bridgehead atoms. The number of benzene rings is 2. The number of aromatic nitrogens is 2. The van der Waals surface area contributed by atoms with Gasteiger partial charge in [-0.1, -0.05) is 69.1 Å². The molecule has 1 aromatic heterocycles. The zero-order valence-corrected chi connectivity index (χ0v) is 21.2. The second-order valence-corrected chi connectivity index (χ2v) is 8.72. The molecule has 1 unspecified atom stereocenters. The van der Waals surface area contributed by atoms with Crippen LogP contribution < -0.4 is 5.32 Å². The summed E-state index contributed by atoms with van der Waals surface area (Å²) in [5, 5.41) is 4.96. The molecule has 0 radical (unpaired) electrons. The lowest BCUT2D eigenvalue weighted by Gasteiger charge is -2.29. The Morgan fingerprint density at radius 1 is 1.00 bits per heavy atom. The van der Waals surface area contributed by atoms with Gasteiger partial charge < -0.3 is 5.32 Å². The standard InChI is InChI=1S/C25H27Cl2N3.C2H6/c1-4-21-24(19-13-12-16(26)14-20(19)27)28-22(5-2)25(29-21)30-23-11-7-9-17-15(3)8-6-10-18(17)23;1-2/h6,8,10,12-14,23H,4-5,7,9,11H2,1-3H3,(H,29,30);1-2H3. The molecule has 1 N–H and O–H groups in total. The molecule has 4 rings (SSSR count). The molecular formula is C27H33Cl2N3. The average Bonchev–Trinajstić information content (AvgIpc) is 2.81. The summed E-state index contributed by atoms with van der Waals surface area (Å²) >= 11 is 12.6. The Morgan fingerprint density at radius 3 is 2.44 bits per heavy atom. The van der Waals surface area contributed by atoms with Gasteiger partial charge >= 0.3 is 0 Å². The van der Waals surface area contributed by atoms with Gasteiger partial charge in [0.1, 0.15) is 5.82 Å². The molecule has 170 valence electrons. The summed E-state index contributed by atoms with van der Waals surface area (Å²) in [6, 6.07) is 12.4. The van der Waals surface area contributed by atoms with Crippen molar-refractivity contribution in [1.82, 2.24) is 9.97 Å². The van der Waals surface area contributed by atoms with E-state index in [1.54, 1.807) is 6.07 Å². The van der Waals surface area contributed by atoms with Gasteiger partial charge in [-0.25, -0.2) is 9.97 Å². The highest BCUT2D eigenvalue weighted by Crippen LogP contribution is 2.36. The van der Waals surface area contributed by atoms with Crippen LogP contribution in [0.25, 0.3) is 11.3 Å². The van der Waals surface area contributed by atoms with Crippen molar-refractivity contribution in [2.24, 2.45) is 0 Å². The van der Waals surface area contributed by atoms with Crippen LogP contribution in [0.4, 0.5) is 5.82 Å². The van der Waals surface area contributed by atoms with E-state index in [9.17, 15) is 0 Å².